The van der Waals surface area contributed by atoms with E-state index in [2.05, 4.69) is 135 Å². The highest BCUT2D eigenvalue weighted by molar-refractivity contribution is 7.97. The zero-order valence-corrected chi connectivity index (χ0v) is 37.5. The van der Waals surface area contributed by atoms with Crippen LogP contribution in [-0.2, 0) is 30.0 Å². The SMILES string of the molecule is CC[N-]CCCCCN1CCN(C2CCC(=O)O2)CC1.CC[N-]CCCCCN1CCN(C2CCCOC2=O)CC1.c1ccc([S+](c2ccccc2)c2ccccc2)cc1. The summed E-state index contributed by atoms with van der Waals surface area (Å²) in [5.74, 6) is -0.0377. The fourth-order valence-corrected chi connectivity index (χ4v) is 10.3. The molecule has 0 saturated carbocycles. The molecule has 7 rings (SSSR count). The topological polar surface area (TPSA) is 93.8 Å². The summed E-state index contributed by atoms with van der Waals surface area (Å²) in [7, 11) is -0.0146. The van der Waals surface area contributed by atoms with E-state index in [0.29, 0.717) is 13.0 Å². The number of hydrogen-bond acceptors (Lipinski definition) is 8. The summed E-state index contributed by atoms with van der Waals surface area (Å²) in [6.45, 7) is 19.6. The summed E-state index contributed by atoms with van der Waals surface area (Å²) in [6.07, 6.45) is 11.1. The van der Waals surface area contributed by atoms with Gasteiger partial charge in [0.25, 0.3) is 0 Å². The third-order valence-corrected chi connectivity index (χ3v) is 13.9. The number of carbonyl (C=O) groups excluding carboxylic acids is 2. The van der Waals surface area contributed by atoms with Crippen LogP contribution >= 0.6 is 0 Å². The zero-order valence-electron chi connectivity index (χ0n) is 36.7. The molecule has 3 aromatic rings. The van der Waals surface area contributed by atoms with E-state index in [9.17, 15) is 9.59 Å². The third kappa shape index (κ3) is 16.9. The molecule has 4 heterocycles. The lowest BCUT2D eigenvalue weighted by molar-refractivity contribution is -0.155. The van der Waals surface area contributed by atoms with Crippen LogP contribution in [0.3, 0.4) is 0 Å². The van der Waals surface area contributed by atoms with Gasteiger partial charge in [-0.3, -0.25) is 19.4 Å². The molecule has 330 valence electrons. The largest absolute Gasteiger partial charge is 0.662 e. The second kappa shape index (κ2) is 28.3. The molecule has 4 aliphatic heterocycles. The minimum absolute atomic E-state index is 0.00521. The van der Waals surface area contributed by atoms with Crippen LogP contribution < -0.4 is 0 Å². The fourth-order valence-electron chi connectivity index (χ4n) is 8.20. The minimum Gasteiger partial charge on any atom is -0.662 e. The quantitative estimate of drug-likeness (QED) is 0.0675. The van der Waals surface area contributed by atoms with E-state index in [1.54, 1.807) is 0 Å². The number of rotatable bonds is 19. The summed E-state index contributed by atoms with van der Waals surface area (Å²) in [6, 6.07) is 32.2. The molecule has 11 heteroatoms. The molecule has 0 bridgehead atoms. The number of piperazine rings is 2. The van der Waals surface area contributed by atoms with Gasteiger partial charge in [0.1, 0.15) is 6.04 Å². The van der Waals surface area contributed by atoms with E-state index in [1.165, 1.54) is 66.3 Å². The molecule has 3 aromatic carbocycles. The van der Waals surface area contributed by atoms with Crippen molar-refractivity contribution in [3.05, 3.63) is 102 Å². The Kier molecular flexibility index (Phi) is 22.6. The molecule has 2 unspecified atom stereocenters. The fraction of sp³-hybridized carbons (Fsp3) is 0.592. The molecule has 0 amide bonds. The number of nitrogens with zero attached hydrogens (tertiary/aromatic N) is 6. The lowest BCUT2D eigenvalue weighted by Crippen LogP contribution is -2.54. The second-order valence-electron chi connectivity index (χ2n) is 16.0. The maximum Gasteiger partial charge on any atom is 0.323 e. The van der Waals surface area contributed by atoms with Gasteiger partial charge in [-0.25, -0.2) is 0 Å². The Morgan fingerprint density at radius 2 is 1.05 bits per heavy atom. The van der Waals surface area contributed by atoms with Crippen molar-refractivity contribution in [1.29, 1.82) is 0 Å². The molecule has 10 nitrogen and oxygen atoms in total. The van der Waals surface area contributed by atoms with Crippen molar-refractivity contribution in [3.8, 4) is 0 Å². The number of hydrogen-bond donors (Lipinski definition) is 0. The number of esters is 2. The van der Waals surface area contributed by atoms with Crippen LogP contribution in [0.15, 0.2) is 106 Å². The van der Waals surface area contributed by atoms with Gasteiger partial charge in [-0.15, -0.1) is 13.1 Å². The van der Waals surface area contributed by atoms with Gasteiger partial charge in [-0.2, -0.15) is 13.1 Å². The Bertz CT molecular complexity index is 1480. The first-order chi connectivity index (χ1) is 29.6. The summed E-state index contributed by atoms with van der Waals surface area (Å²) in [5, 5.41) is 8.72. The Hall–Kier alpha value is -3.29. The molecule has 2 atom stereocenters. The van der Waals surface area contributed by atoms with Gasteiger partial charge in [0.05, 0.1) is 23.9 Å². The lowest BCUT2D eigenvalue weighted by Gasteiger charge is -2.39. The number of unbranched alkanes of at least 4 members (excludes halogenated alkanes) is 4. The summed E-state index contributed by atoms with van der Waals surface area (Å²) in [4.78, 5) is 36.7. The molecule has 0 aromatic heterocycles. The van der Waals surface area contributed by atoms with Crippen LogP contribution in [0.1, 0.15) is 78.1 Å². The van der Waals surface area contributed by atoms with E-state index >= 15 is 0 Å². The van der Waals surface area contributed by atoms with Gasteiger partial charge in [-0.05, 0) is 75.2 Å². The summed E-state index contributed by atoms with van der Waals surface area (Å²) in [5.41, 5.74) is 0. The third-order valence-electron chi connectivity index (χ3n) is 11.6. The molecule has 4 saturated heterocycles. The molecular formula is C49H73N6O4S-. The molecular weight excluding hydrogens is 769 g/mol. The van der Waals surface area contributed by atoms with Gasteiger partial charge in [0.15, 0.2) is 20.9 Å². The maximum absolute atomic E-state index is 11.8. The molecule has 4 aliphatic rings. The van der Waals surface area contributed by atoms with Crippen molar-refractivity contribution < 1.29 is 19.1 Å². The minimum atomic E-state index is -0.0325. The van der Waals surface area contributed by atoms with Crippen molar-refractivity contribution in [2.45, 2.75) is 105 Å². The first-order valence-electron chi connectivity index (χ1n) is 23.0. The van der Waals surface area contributed by atoms with Gasteiger partial charge in [-0.1, -0.05) is 94.1 Å². The first kappa shape index (κ1) is 47.8. The Labute approximate surface area is 365 Å². The highest BCUT2D eigenvalue weighted by Crippen LogP contribution is 2.30. The Morgan fingerprint density at radius 3 is 1.47 bits per heavy atom. The standard InChI is InChI=1S/C18H15S.C16H30N3O2.C15H28N3O2/c1-4-10-16(11-5-1)19(17-12-6-2-7-13-17)18-14-8-3-9-15-18;1-2-17-8-4-3-5-9-18-10-12-19(13-11-18)15-7-6-14-21-16(15)20;1-2-16-8-4-3-5-9-17-10-12-18(13-11-17)14-6-7-15(19)20-14/h1-15H;15H,2-14H2,1H3;14H,2-13H2,1H3/q+1;2*-1. The molecule has 60 heavy (non-hydrogen) atoms. The molecule has 0 radical (unpaired) electrons. The normalized spacial score (nSPS) is 20.4. The van der Waals surface area contributed by atoms with Crippen LogP contribution in [0.2, 0.25) is 0 Å². The molecule has 4 fully saturated rings. The number of benzene rings is 3. The van der Waals surface area contributed by atoms with Gasteiger partial charge in [0.2, 0.25) is 0 Å². The van der Waals surface area contributed by atoms with Crippen molar-refractivity contribution in [2.75, 3.05) is 98.2 Å². The first-order valence-corrected chi connectivity index (χ1v) is 24.2. The number of carbonyl (C=O) groups is 2. The van der Waals surface area contributed by atoms with Gasteiger partial charge < -0.3 is 29.9 Å². The zero-order chi connectivity index (χ0) is 42.0. The van der Waals surface area contributed by atoms with E-state index in [0.717, 1.165) is 97.8 Å². The smallest absolute Gasteiger partial charge is 0.323 e. The van der Waals surface area contributed by atoms with Crippen molar-refractivity contribution >= 4 is 22.8 Å². The monoisotopic (exact) mass is 842 g/mol. The maximum atomic E-state index is 11.8. The van der Waals surface area contributed by atoms with Crippen LogP contribution in [-0.4, -0.2) is 142 Å². The van der Waals surface area contributed by atoms with Crippen molar-refractivity contribution in [2.24, 2.45) is 0 Å². The van der Waals surface area contributed by atoms with Crippen LogP contribution in [0.4, 0.5) is 0 Å². The number of ether oxygens (including phenoxy) is 2. The average Bonchev–Trinajstić information content (AvgIpc) is 3.74. The number of cyclic esters (lactones) is 2. The van der Waals surface area contributed by atoms with E-state index in [-0.39, 0.29) is 35.1 Å². The highest BCUT2D eigenvalue weighted by atomic mass is 32.2. The van der Waals surface area contributed by atoms with Gasteiger partial charge in [0, 0.05) is 58.8 Å². The van der Waals surface area contributed by atoms with Crippen molar-refractivity contribution in [1.82, 2.24) is 19.6 Å². The van der Waals surface area contributed by atoms with Crippen LogP contribution in [0, 0.1) is 0 Å². The highest BCUT2D eigenvalue weighted by Gasteiger charge is 2.33. The molecule has 0 N–H and O–H groups in total. The summed E-state index contributed by atoms with van der Waals surface area (Å²) < 4.78 is 10.5. The molecule has 0 aliphatic carbocycles. The molecule has 0 spiro atoms. The van der Waals surface area contributed by atoms with E-state index < -0.39 is 0 Å². The lowest BCUT2D eigenvalue weighted by atomic mass is 10.1. The Balaban J connectivity index is 0.000000171. The van der Waals surface area contributed by atoms with Crippen LogP contribution in [0.5, 0.6) is 0 Å². The second-order valence-corrected chi connectivity index (χ2v) is 18.0. The van der Waals surface area contributed by atoms with Crippen LogP contribution in [0.25, 0.3) is 10.6 Å². The average molecular weight is 842 g/mol. The van der Waals surface area contributed by atoms with E-state index in [4.69, 9.17) is 9.47 Å². The Morgan fingerprint density at radius 1 is 0.583 bits per heavy atom. The predicted octanol–water partition coefficient (Wildman–Crippen LogP) is 8.49. The van der Waals surface area contributed by atoms with Crippen molar-refractivity contribution in [3.63, 3.8) is 0 Å². The summed E-state index contributed by atoms with van der Waals surface area (Å²) >= 11 is 0. The van der Waals surface area contributed by atoms with Gasteiger partial charge >= 0.3 is 11.9 Å². The van der Waals surface area contributed by atoms with E-state index in [1.807, 2.05) is 0 Å². The predicted molar refractivity (Wildman–Crippen MR) is 246 cm³/mol.